The molecule has 0 bridgehead atoms. The minimum Gasteiger partial charge on any atom is -0.481 e. The molecule has 0 aliphatic carbocycles. The first-order valence-corrected chi connectivity index (χ1v) is 3.62. The highest BCUT2D eigenvalue weighted by Crippen LogP contribution is 2.18. The van der Waals surface area contributed by atoms with Crippen LogP contribution in [0.2, 0.25) is 0 Å². The normalized spacial score (nSPS) is 12.6. The van der Waals surface area contributed by atoms with E-state index in [4.69, 9.17) is 10.5 Å². The Kier molecular flexibility index (Phi) is 2.99. The van der Waals surface area contributed by atoms with Gasteiger partial charge < -0.3 is 10.5 Å². The molecule has 66 valence electrons. The van der Waals surface area contributed by atoms with E-state index in [2.05, 4.69) is 4.98 Å². The zero-order valence-corrected chi connectivity index (χ0v) is 6.83. The number of aromatic nitrogens is 1. The molecule has 1 heterocycles. The molecule has 0 radical (unpaired) electrons. The van der Waals surface area contributed by atoms with E-state index < -0.39 is 6.17 Å². The Labute approximate surface area is 70.4 Å². The lowest BCUT2D eigenvalue weighted by molar-refractivity contribution is 0.348. The quantitative estimate of drug-likeness (QED) is 0.737. The van der Waals surface area contributed by atoms with Crippen LogP contribution in [0.25, 0.3) is 0 Å². The zero-order valence-electron chi connectivity index (χ0n) is 6.83. The number of methoxy groups -OCH3 is 1. The van der Waals surface area contributed by atoms with Crippen LogP contribution in [0, 0.1) is 0 Å². The van der Waals surface area contributed by atoms with Crippen LogP contribution in [0.15, 0.2) is 18.3 Å². The van der Waals surface area contributed by atoms with Crippen molar-refractivity contribution in [3.63, 3.8) is 0 Å². The third kappa shape index (κ3) is 1.92. The molecule has 0 aliphatic heterocycles. The highest BCUT2D eigenvalue weighted by Gasteiger charge is 2.07. The van der Waals surface area contributed by atoms with E-state index in [0.717, 1.165) is 0 Å². The molecular formula is C8H11FN2O. The summed E-state index contributed by atoms with van der Waals surface area (Å²) in [6.07, 6.45) is 0.359. The standard InChI is InChI=1S/C8H11FN2O/c1-12-8-4-6(2-3-11-8)7(9)5-10/h2-4,7H,5,10H2,1H3. The van der Waals surface area contributed by atoms with Crippen LogP contribution in [0.1, 0.15) is 11.7 Å². The molecule has 4 heteroatoms. The molecule has 0 saturated heterocycles. The van der Waals surface area contributed by atoms with E-state index in [1.54, 1.807) is 6.07 Å². The number of rotatable bonds is 3. The van der Waals surface area contributed by atoms with Crippen molar-refractivity contribution in [1.82, 2.24) is 4.98 Å². The Morgan fingerprint density at radius 1 is 1.75 bits per heavy atom. The Balaban J connectivity index is 2.86. The monoisotopic (exact) mass is 170 g/mol. The lowest BCUT2D eigenvalue weighted by Gasteiger charge is -2.05. The average molecular weight is 170 g/mol. The Morgan fingerprint density at radius 2 is 2.50 bits per heavy atom. The molecule has 0 saturated carbocycles. The van der Waals surface area contributed by atoms with Gasteiger partial charge in [0, 0.05) is 18.8 Å². The first kappa shape index (κ1) is 8.93. The predicted molar refractivity (Wildman–Crippen MR) is 43.7 cm³/mol. The highest BCUT2D eigenvalue weighted by molar-refractivity contribution is 5.22. The van der Waals surface area contributed by atoms with Crippen molar-refractivity contribution in [2.75, 3.05) is 13.7 Å². The summed E-state index contributed by atoms with van der Waals surface area (Å²) in [4.78, 5) is 3.84. The van der Waals surface area contributed by atoms with Crippen LogP contribution >= 0.6 is 0 Å². The van der Waals surface area contributed by atoms with Crippen molar-refractivity contribution in [2.45, 2.75) is 6.17 Å². The number of hydrogen-bond donors (Lipinski definition) is 1. The van der Waals surface area contributed by atoms with Gasteiger partial charge in [0.1, 0.15) is 6.17 Å². The first-order valence-electron chi connectivity index (χ1n) is 3.62. The van der Waals surface area contributed by atoms with Crippen LogP contribution in [0.3, 0.4) is 0 Å². The molecule has 1 unspecified atom stereocenters. The molecule has 1 rings (SSSR count). The van der Waals surface area contributed by atoms with E-state index in [9.17, 15) is 4.39 Å². The van der Waals surface area contributed by atoms with Crippen LogP contribution in [-0.4, -0.2) is 18.6 Å². The fourth-order valence-electron chi connectivity index (χ4n) is 0.867. The number of alkyl halides is 1. The van der Waals surface area contributed by atoms with E-state index in [1.165, 1.54) is 19.4 Å². The Bertz CT molecular complexity index is 255. The second-order valence-electron chi connectivity index (χ2n) is 2.33. The predicted octanol–water partition coefficient (Wildman–Crippen LogP) is 1.06. The van der Waals surface area contributed by atoms with Gasteiger partial charge in [0.05, 0.1) is 7.11 Å². The van der Waals surface area contributed by atoms with Gasteiger partial charge in [-0.05, 0) is 11.6 Å². The maximum absolute atomic E-state index is 13.0. The second-order valence-corrected chi connectivity index (χ2v) is 2.33. The fourth-order valence-corrected chi connectivity index (χ4v) is 0.867. The molecule has 0 amide bonds. The van der Waals surface area contributed by atoms with Crippen LogP contribution in [-0.2, 0) is 0 Å². The summed E-state index contributed by atoms with van der Waals surface area (Å²) in [5.41, 5.74) is 5.66. The molecule has 1 atom stereocenters. The van der Waals surface area contributed by atoms with Crippen LogP contribution in [0.5, 0.6) is 5.88 Å². The third-order valence-electron chi connectivity index (χ3n) is 1.54. The molecule has 2 N–H and O–H groups in total. The van der Waals surface area contributed by atoms with Gasteiger partial charge in [-0.15, -0.1) is 0 Å². The van der Waals surface area contributed by atoms with Gasteiger partial charge in [0.15, 0.2) is 0 Å². The van der Waals surface area contributed by atoms with E-state index in [-0.39, 0.29) is 6.54 Å². The van der Waals surface area contributed by atoms with Gasteiger partial charge >= 0.3 is 0 Å². The molecule has 1 aromatic rings. The van der Waals surface area contributed by atoms with Crippen molar-refractivity contribution >= 4 is 0 Å². The van der Waals surface area contributed by atoms with Gasteiger partial charge in [0.2, 0.25) is 5.88 Å². The van der Waals surface area contributed by atoms with E-state index in [0.29, 0.717) is 11.4 Å². The fraction of sp³-hybridized carbons (Fsp3) is 0.375. The largest absolute Gasteiger partial charge is 0.481 e. The molecule has 3 nitrogen and oxygen atoms in total. The van der Waals surface area contributed by atoms with Crippen molar-refractivity contribution in [3.05, 3.63) is 23.9 Å². The number of nitrogens with two attached hydrogens (primary N) is 1. The molecule has 12 heavy (non-hydrogen) atoms. The highest BCUT2D eigenvalue weighted by atomic mass is 19.1. The molecule has 0 aromatic carbocycles. The van der Waals surface area contributed by atoms with Gasteiger partial charge in [-0.2, -0.15) is 0 Å². The first-order chi connectivity index (χ1) is 5.77. The lowest BCUT2D eigenvalue weighted by atomic mass is 10.2. The minimum absolute atomic E-state index is 0.0207. The molecule has 0 aliphatic rings. The molecule has 0 fully saturated rings. The van der Waals surface area contributed by atoms with Crippen LogP contribution < -0.4 is 10.5 Å². The van der Waals surface area contributed by atoms with Gasteiger partial charge in [-0.25, -0.2) is 9.37 Å². The smallest absolute Gasteiger partial charge is 0.213 e. The molecule has 0 spiro atoms. The number of pyridine rings is 1. The van der Waals surface area contributed by atoms with Crippen molar-refractivity contribution < 1.29 is 9.13 Å². The van der Waals surface area contributed by atoms with Gasteiger partial charge in [0.25, 0.3) is 0 Å². The number of nitrogens with zero attached hydrogens (tertiary/aromatic N) is 1. The number of halogens is 1. The zero-order chi connectivity index (χ0) is 8.97. The maximum Gasteiger partial charge on any atom is 0.213 e. The molecule has 1 aromatic heterocycles. The maximum atomic E-state index is 13.0. The minimum atomic E-state index is -1.14. The number of hydrogen-bond acceptors (Lipinski definition) is 3. The second kappa shape index (κ2) is 4.01. The van der Waals surface area contributed by atoms with E-state index >= 15 is 0 Å². The lowest BCUT2D eigenvalue weighted by Crippen LogP contribution is -2.07. The summed E-state index contributed by atoms with van der Waals surface area (Å²) in [5, 5.41) is 0. The van der Waals surface area contributed by atoms with Crippen molar-refractivity contribution in [2.24, 2.45) is 5.73 Å². The van der Waals surface area contributed by atoms with Gasteiger partial charge in [-0.1, -0.05) is 0 Å². The summed E-state index contributed by atoms with van der Waals surface area (Å²) < 4.78 is 17.8. The topological polar surface area (TPSA) is 48.1 Å². The third-order valence-corrected chi connectivity index (χ3v) is 1.54. The molecular weight excluding hydrogens is 159 g/mol. The van der Waals surface area contributed by atoms with Gasteiger partial charge in [-0.3, -0.25) is 0 Å². The van der Waals surface area contributed by atoms with E-state index in [1.807, 2.05) is 0 Å². The summed E-state index contributed by atoms with van der Waals surface area (Å²) in [6, 6.07) is 3.12. The van der Waals surface area contributed by atoms with Crippen molar-refractivity contribution in [1.29, 1.82) is 0 Å². The summed E-state index contributed by atoms with van der Waals surface area (Å²) >= 11 is 0. The van der Waals surface area contributed by atoms with Crippen molar-refractivity contribution in [3.8, 4) is 5.88 Å². The average Bonchev–Trinajstić information content (AvgIpc) is 2.17. The summed E-state index contributed by atoms with van der Waals surface area (Å²) in [6.45, 7) is -0.0207. The van der Waals surface area contributed by atoms with Crippen LogP contribution in [0.4, 0.5) is 4.39 Å². The number of ether oxygens (including phenoxy) is 1. The Hall–Kier alpha value is -1.16. The Morgan fingerprint density at radius 3 is 3.08 bits per heavy atom. The SMILES string of the molecule is COc1cc(C(F)CN)ccn1. The summed E-state index contributed by atoms with van der Waals surface area (Å²) in [5.74, 6) is 0.406. The summed E-state index contributed by atoms with van der Waals surface area (Å²) in [7, 11) is 1.49.